The van der Waals surface area contributed by atoms with Crippen LogP contribution in [-0.2, 0) is 9.53 Å². The SMILES string of the molecule is CCCCOc1ccc(/C=C/C(=O)N2CC(C)OC(C)C2)cc1OC. The fraction of sp³-hybridized carbons (Fsp3) is 0.550. The minimum absolute atomic E-state index is 0.00393. The van der Waals surface area contributed by atoms with Crippen LogP contribution >= 0.6 is 0 Å². The van der Waals surface area contributed by atoms with E-state index in [9.17, 15) is 4.79 Å². The van der Waals surface area contributed by atoms with Gasteiger partial charge in [0.25, 0.3) is 0 Å². The highest BCUT2D eigenvalue weighted by Crippen LogP contribution is 2.28. The van der Waals surface area contributed by atoms with E-state index in [1.807, 2.05) is 43.0 Å². The van der Waals surface area contributed by atoms with Crippen molar-refractivity contribution in [2.24, 2.45) is 0 Å². The summed E-state index contributed by atoms with van der Waals surface area (Å²) in [6.45, 7) is 8.03. The predicted octanol–water partition coefficient (Wildman–Crippen LogP) is 3.52. The van der Waals surface area contributed by atoms with E-state index < -0.39 is 0 Å². The monoisotopic (exact) mass is 347 g/mol. The molecule has 0 bridgehead atoms. The third kappa shape index (κ3) is 5.78. The maximum Gasteiger partial charge on any atom is 0.246 e. The van der Waals surface area contributed by atoms with Gasteiger partial charge in [0.1, 0.15) is 0 Å². The Morgan fingerprint density at radius 3 is 2.64 bits per heavy atom. The Balaban J connectivity index is 2.01. The molecule has 1 fully saturated rings. The summed E-state index contributed by atoms with van der Waals surface area (Å²) in [6, 6.07) is 5.70. The summed E-state index contributed by atoms with van der Waals surface area (Å²) in [7, 11) is 1.62. The van der Waals surface area contributed by atoms with E-state index >= 15 is 0 Å². The first-order chi connectivity index (χ1) is 12.0. The summed E-state index contributed by atoms with van der Waals surface area (Å²) < 4.78 is 16.8. The number of nitrogens with zero attached hydrogens (tertiary/aromatic N) is 1. The molecule has 1 amide bonds. The van der Waals surface area contributed by atoms with Gasteiger partial charge in [0.2, 0.25) is 5.91 Å². The first-order valence-electron chi connectivity index (χ1n) is 8.96. The average molecular weight is 347 g/mol. The van der Waals surface area contributed by atoms with Crippen LogP contribution in [-0.4, -0.2) is 49.8 Å². The van der Waals surface area contributed by atoms with E-state index in [0.29, 0.717) is 25.4 Å². The smallest absolute Gasteiger partial charge is 0.246 e. The van der Waals surface area contributed by atoms with Gasteiger partial charge >= 0.3 is 0 Å². The van der Waals surface area contributed by atoms with Gasteiger partial charge in [-0.05, 0) is 44.0 Å². The minimum atomic E-state index is 0.00393. The van der Waals surface area contributed by atoms with E-state index in [-0.39, 0.29) is 18.1 Å². The van der Waals surface area contributed by atoms with Crippen molar-refractivity contribution in [2.45, 2.75) is 45.8 Å². The molecule has 1 aromatic rings. The number of morpholine rings is 1. The number of rotatable bonds is 7. The second-order valence-electron chi connectivity index (χ2n) is 6.45. The first kappa shape index (κ1) is 19.3. The van der Waals surface area contributed by atoms with E-state index in [0.717, 1.165) is 24.2 Å². The highest BCUT2D eigenvalue weighted by atomic mass is 16.5. The maximum atomic E-state index is 12.4. The topological polar surface area (TPSA) is 48.0 Å². The number of carbonyl (C=O) groups is 1. The van der Waals surface area contributed by atoms with Crippen LogP contribution in [0.1, 0.15) is 39.2 Å². The summed E-state index contributed by atoms with van der Waals surface area (Å²) in [5.41, 5.74) is 0.905. The molecule has 1 heterocycles. The fourth-order valence-electron chi connectivity index (χ4n) is 2.86. The first-order valence-corrected chi connectivity index (χ1v) is 8.96. The van der Waals surface area contributed by atoms with Gasteiger partial charge in [0.05, 0.1) is 25.9 Å². The molecule has 5 nitrogen and oxygen atoms in total. The van der Waals surface area contributed by atoms with Gasteiger partial charge in [0.15, 0.2) is 11.5 Å². The van der Waals surface area contributed by atoms with Gasteiger partial charge in [-0.2, -0.15) is 0 Å². The largest absolute Gasteiger partial charge is 0.493 e. The zero-order chi connectivity index (χ0) is 18.2. The number of benzene rings is 1. The third-order valence-electron chi connectivity index (χ3n) is 4.09. The Kier molecular flexibility index (Phi) is 7.31. The van der Waals surface area contributed by atoms with Crippen LogP contribution in [0.15, 0.2) is 24.3 Å². The lowest BCUT2D eigenvalue weighted by atomic mass is 10.1. The highest BCUT2D eigenvalue weighted by Gasteiger charge is 2.24. The van der Waals surface area contributed by atoms with Crippen molar-refractivity contribution in [3.63, 3.8) is 0 Å². The van der Waals surface area contributed by atoms with Gasteiger partial charge in [-0.15, -0.1) is 0 Å². The molecule has 25 heavy (non-hydrogen) atoms. The lowest BCUT2D eigenvalue weighted by Crippen LogP contribution is -2.47. The van der Waals surface area contributed by atoms with Gasteiger partial charge in [-0.1, -0.05) is 19.4 Å². The van der Waals surface area contributed by atoms with Crippen molar-refractivity contribution in [3.05, 3.63) is 29.8 Å². The van der Waals surface area contributed by atoms with Crippen molar-refractivity contribution >= 4 is 12.0 Å². The zero-order valence-electron chi connectivity index (χ0n) is 15.7. The predicted molar refractivity (Wildman–Crippen MR) is 99.0 cm³/mol. The van der Waals surface area contributed by atoms with E-state index in [1.165, 1.54) is 0 Å². The molecule has 2 atom stereocenters. The Hall–Kier alpha value is -2.01. The average Bonchev–Trinajstić information content (AvgIpc) is 2.59. The van der Waals surface area contributed by atoms with Crippen molar-refractivity contribution in [1.29, 1.82) is 0 Å². The highest BCUT2D eigenvalue weighted by molar-refractivity contribution is 5.92. The van der Waals surface area contributed by atoms with Crippen molar-refractivity contribution < 1.29 is 19.0 Å². The fourth-order valence-corrected chi connectivity index (χ4v) is 2.86. The van der Waals surface area contributed by atoms with Crippen molar-refractivity contribution in [1.82, 2.24) is 4.90 Å². The molecule has 1 saturated heterocycles. The molecule has 0 saturated carbocycles. The van der Waals surface area contributed by atoms with Gasteiger partial charge in [-0.3, -0.25) is 4.79 Å². The molecule has 0 N–H and O–H groups in total. The lowest BCUT2D eigenvalue weighted by Gasteiger charge is -2.34. The molecule has 2 rings (SSSR count). The third-order valence-corrected chi connectivity index (χ3v) is 4.09. The van der Waals surface area contributed by atoms with E-state index in [1.54, 1.807) is 13.2 Å². The summed E-state index contributed by atoms with van der Waals surface area (Å²) >= 11 is 0. The van der Waals surface area contributed by atoms with Gasteiger partial charge < -0.3 is 19.1 Å². The molecule has 0 aliphatic carbocycles. The van der Waals surface area contributed by atoms with Gasteiger partial charge in [0, 0.05) is 19.2 Å². The molecule has 1 aliphatic heterocycles. The number of amides is 1. The van der Waals surface area contributed by atoms with Crippen molar-refractivity contribution in [3.8, 4) is 11.5 Å². The van der Waals surface area contributed by atoms with Crippen molar-refractivity contribution in [2.75, 3.05) is 26.8 Å². The van der Waals surface area contributed by atoms with Crippen LogP contribution in [0.5, 0.6) is 11.5 Å². The zero-order valence-corrected chi connectivity index (χ0v) is 15.7. The molecule has 138 valence electrons. The van der Waals surface area contributed by atoms with Crippen LogP contribution < -0.4 is 9.47 Å². The van der Waals surface area contributed by atoms with E-state index in [4.69, 9.17) is 14.2 Å². The maximum absolute atomic E-state index is 12.4. The number of unbranched alkanes of at least 4 members (excludes halogenated alkanes) is 1. The molecular formula is C20H29NO4. The van der Waals surface area contributed by atoms with Crippen LogP contribution in [0, 0.1) is 0 Å². The molecular weight excluding hydrogens is 318 g/mol. The number of ether oxygens (including phenoxy) is 3. The Labute approximate surface area is 150 Å². The lowest BCUT2D eigenvalue weighted by molar-refractivity contribution is -0.137. The summed E-state index contributed by atoms with van der Waals surface area (Å²) in [5, 5.41) is 0. The number of methoxy groups -OCH3 is 1. The molecule has 1 aliphatic rings. The molecule has 0 spiro atoms. The quantitative estimate of drug-likeness (QED) is 0.559. The molecule has 2 unspecified atom stereocenters. The number of hydrogen-bond donors (Lipinski definition) is 0. The second-order valence-corrected chi connectivity index (χ2v) is 6.45. The number of carbonyl (C=O) groups excluding carboxylic acids is 1. The van der Waals surface area contributed by atoms with Crippen LogP contribution in [0.25, 0.3) is 6.08 Å². The summed E-state index contributed by atoms with van der Waals surface area (Å²) in [5.74, 6) is 1.42. The number of hydrogen-bond acceptors (Lipinski definition) is 4. The molecule has 1 aromatic carbocycles. The summed E-state index contributed by atoms with van der Waals surface area (Å²) in [6.07, 6.45) is 5.66. The standard InChI is InChI=1S/C20H29NO4/c1-5-6-11-24-18-9-7-17(12-19(18)23-4)8-10-20(22)21-13-15(2)25-16(3)14-21/h7-10,12,15-16H,5-6,11,13-14H2,1-4H3/b10-8+. The molecule has 0 radical (unpaired) electrons. The Bertz CT molecular complexity index is 589. The normalized spacial score (nSPS) is 20.7. The van der Waals surface area contributed by atoms with Gasteiger partial charge in [-0.25, -0.2) is 0 Å². The second kappa shape index (κ2) is 9.47. The van der Waals surface area contributed by atoms with E-state index in [2.05, 4.69) is 6.92 Å². The molecule has 0 aromatic heterocycles. The summed E-state index contributed by atoms with van der Waals surface area (Å²) in [4.78, 5) is 14.2. The Morgan fingerprint density at radius 2 is 2.00 bits per heavy atom. The van der Waals surface area contributed by atoms with Crippen LogP contribution in [0.2, 0.25) is 0 Å². The van der Waals surface area contributed by atoms with Crippen LogP contribution in [0.4, 0.5) is 0 Å². The Morgan fingerprint density at radius 1 is 1.28 bits per heavy atom. The minimum Gasteiger partial charge on any atom is -0.493 e. The molecule has 5 heteroatoms. The van der Waals surface area contributed by atoms with Crippen LogP contribution in [0.3, 0.4) is 0 Å².